The topological polar surface area (TPSA) is 116 Å². The van der Waals surface area contributed by atoms with Crippen LogP contribution in [0.2, 0.25) is 0 Å². The molecule has 0 unspecified atom stereocenters. The summed E-state index contributed by atoms with van der Waals surface area (Å²) in [5.74, 6) is -0.776. The third-order valence-electron chi connectivity index (χ3n) is 3.48. The first-order valence-corrected chi connectivity index (χ1v) is 8.82. The van der Waals surface area contributed by atoms with Crippen LogP contribution in [0.4, 0.5) is 0 Å². The van der Waals surface area contributed by atoms with E-state index >= 15 is 0 Å². The highest BCUT2D eigenvalue weighted by Crippen LogP contribution is 2.04. The number of carbonyl (C=O) groups is 4. The molecule has 25 heavy (non-hydrogen) atoms. The molecule has 8 nitrogen and oxygen atoms in total. The summed E-state index contributed by atoms with van der Waals surface area (Å²) < 4.78 is 0. The molecule has 4 N–H and O–H groups in total. The van der Waals surface area contributed by atoms with Crippen LogP contribution < -0.4 is 21.3 Å². The van der Waals surface area contributed by atoms with Gasteiger partial charge in [0.25, 0.3) is 0 Å². The summed E-state index contributed by atoms with van der Waals surface area (Å²) in [6.07, 6.45) is 2.30. The number of ketones is 1. The van der Waals surface area contributed by atoms with Crippen LogP contribution in [0.3, 0.4) is 0 Å². The van der Waals surface area contributed by atoms with Crippen LogP contribution in [0, 0.1) is 0 Å². The van der Waals surface area contributed by atoms with Crippen LogP contribution in [0.15, 0.2) is 0 Å². The minimum atomic E-state index is -0.555. The fraction of sp³-hybridized carbons (Fsp3) is 0.765. The molecule has 0 aromatic heterocycles. The lowest BCUT2D eigenvalue weighted by Gasteiger charge is -2.17. The van der Waals surface area contributed by atoms with Crippen LogP contribution in [0.1, 0.15) is 53.4 Å². The molecule has 0 aromatic rings. The number of amides is 3. The number of unbranched alkanes of at least 4 members (excludes halogenated alkanes) is 1. The van der Waals surface area contributed by atoms with E-state index in [1.165, 1.54) is 6.92 Å². The molecule has 8 heteroatoms. The Hall–Kier alpha value is -1.96. The van der Waals surface area contributed by atoms with Crippen molar-refractivity contribution in [3.8, 4) is 0 Å². The van der Waals surface area contributed by atoms with Gasteiger partial charge in [-0.25, -0.2) is 0 Å². The number of nitrogens with one attached hydrogen (secondary N) is 4. The molecule has 0 rings (SSSR count). The number of Topliss-reactive ketones (excluding diaryl/α,β-unsaturated/α-hetero) is 1. The third kappa shape index (κ3) is 13.1. The minimum absolute atomic E-state index is 0.0410. The van der Waals surface area contributed by atoms with Crippen LogP contribution in [-0.4, -0.2) is 55.2 Å². The molecule has 0 fully saturated rings. The van der Waals surface area contributed by atoms with Crippen molar-refractivity contribution in [2.24, 2.45) is 0 Å². The standard InChI is InChI=1S/C17H32N4O4/c1-5-15(23)14(8-6-7-9-18-13(4)22)21-17(25)11-20-16(24)10-19-12(2)3/h12,14,19H,5-11H2,1-4H3,(H,18,22)(H,20,24)(H,21,25)/t14-/m0/s1. The molecule has 0 heterocycles. The summed E-state index contributed by atoms with van der Waals surface area (Å²) in [6.45, 7) is 7.59. The Bertz CT molecular complexity index is 452. The maximum absolute atomic E-state index is 12.0. The molecule has 0 aliphatic carbocycles. The number of hydrogen-bond acceptors (Lipinski definition) is 5. The van der Waals surface area contributed by atoms with Crippen molar-refractivity contribution >= 4 is 23.5 Å². The van der Waals surface area contributed by atoms with Crippen molar-refractivity contribution in [1.82, 2.24) is 21.3 Å². The summed E-state index contributed by atoms with van der Waals surface area (Å²) in [5, 5.41) is 10.8. The third-order valence-corrected chi connectivity index (χ3v) is 3.48. The molecule has 0 spiro atoms. The van der Waals surface area contributed by atoms with Crippen LogP contribution in [0.25, 0.3) is 0 Å². The summed E-state index contributed by atoms with van der Waals surface area (Å²) in [4.78, 5) is 46.3. The Morgan fingerprint density at radius 1 is 0.920 bits per heavy atom. The lowest BCUT2D eigenvalue weighted by molar-refractivity contribution is -0.128. The molecule has 0 radical (unpaired) electrons. The molecule has 144 valence electrons. The first-order chi connectivity index (χ1) is 11.8. The van der Waals surface area contributed by atoms with E-state index in [1.807, 2.05) is 13.8 Å². The average molecular weight is 356 g/mol. The molecule has 0 aliphatic heterocycles. The monoisotopic (exact) mass is 356 g/mol. The molecule has 0 saturated heterocycles. The van der Waals surface area contributed by atoms with Gasteiger partial charge in [0, 0.05) is 25.9 Å². The summed E-state index contributed by atoms with van der Waals surface area (Å²) in [6, 6.07) is -0.371. The van der Waals surface area contributed by atoms with Gasteiger partial charge in [-0.05, 0) is 19.3 Å². The second-order valence-electron chi connectivity index (χ2n) is 6.23. The van der Waals surface area contributed by atoms with E-state index in [1.54, 1.807) is 6.92 Å². The van der Waals surface area contributed by atoms with E-state index in [9.17, 15) is 19.2 Å². The maximum atomic E-state index is 12.0. The Morgan fingerprint density at radius 3 is 2.16 bits per heavy atom. The average Bonchev–Trinajstić information content (AvgIpc) is 2.55. The molecule has 0 saturated carbocycles. The van der Waals surface area contributed by atoms with Crippen molar-refractivity contribution in [1.29, 1.82) is 0 Å². The Labute approximate surface area is 149 Å². The van der Waals surface area contributed by atoms with E-state index in [0.717, 1.165) is 6.42 Å². The minimum Gasteiger partial charge on any atom is -0.356 e. The number of hydrogen-bond donors (Lipinski definition) is 4. The van der Waals surface area contributed by atoms with E-state index in [2.05, 4.69) is 21.3 Å². The largest absolute Gasteiger partial charge is 0.356 e. The highest BCUT2D eigenvalue weighted by atomic mass is 16.2. The Balaban J connectivity index is 4.19. The summed E-state index contributed by atoms with van der Waals surface area (Å²) in [7, 11) is 0. The van der Waals surface area contributed by atoms with Crippen molar-refractivity contribution in [2.45, 2.75) is 65.5 Å². The van der Waals surface area contributed by atoms with Crippen molar-refractivity contribution in [3.05, 3.63) is 0 Å². The van der Waals surface area contributed by atoms with Crippen molar-refractivity contribution in [2.75, 3.05) is 19.6 Å². The zero-order chi connectivity index (χ0) is 19.2. The first kappa shape index (κ1) is 23.0. The maximum Gasteiger partial charge on any atom is 0.239 e. The van der Waals surface area contributed by atoms with Gasteiger partial charge in [0.15, 0.2) is 5.78 Å². The first-order valence-electron chi connectivity index (χ1n) is 8.82. The number of carbonyl (C=O) groups excluding carboxylic acids is 4. The molecule has 0 aromatic carbocycles. The molecule has 1 atom stereocenters. The highest BCUT2D eigenvalue weighted by Gasteiger charge is 2.19. The van der Waals surface area contributed by atoms with Crippen LogP contribution in [-0.2, 0) is 19.2 Å². The van der Waals surface area contributed by atoms with Crippen LogP contribution in [0.5, 0.6) is 0 Å². The van der Waals surface area contributed by atoms with E-state index < -0.39 is 6.04 Å². The van der Waals surface area contributed by atoms with Gasteiger partial charge in [0.05, 0.1) is 19.1 Å². The predicted octanol–water partition coefficient (Wildman–Crippen LogP) is -0.129. The normalized spacial score (nSPS) is 11.7. The number of rotatable bonds is 13. The second kappa shape index (κ2) is 13.3. The smallest absolute Gasteiger partial charge is 0.239 e. The van der Waals surface area contributed by atoms with Gasteiger partial charge in [0.2, 0.25) is 17.7 Å². The van der Waals surface area contributed by atoms with E-state index in [0.29, 0.717) is 25.8 Å². The Kier molecular flexibility index (Phi) is 12.3. The van der Waals surface area contributed by atoms with Gasteiger partial charge in [-0.3, -0.25) is 19.2 Å². The summed E-state index contributed by atoms with van der Waals surface area (Å²) >= 11 is 0. The van der Waals surface area contributed by atoms with E-state index in [4.69, 9.17) is 0 Å². The molecular weight excluding hydrogens is 324 g/mol. The predicted molar refractivity (Wildman–Crippen MR) is 95.9 cm³/mol. The quantitative estimate of drug-likeness (QED) is 0.343. The molecular formula is C17H32N4O4. The molecule has 3 amide bonds. The fourth-order valence-electron chi connectivity index (χ4n) is 2.08. The summed E-state index contributed by atoms with van der Waals surface area (Å²) in [5.41, 5.74) is 0. The zero-order valence-electron chi connectivity index (χ0n) is 15.7. The van der Waals surface area contributed by atoms with Crippen molar-refractivity contribution < 1.29 is 19.2 Å². The highest BCUT2D eigenvalue weighted by molar-refractivity contribution is 5.91. The van der Waals surface area contributed by atoms with Gasteiger partial charge in [-0.15, -0.1) is 0 Å². The van der Waals surface area contributed by atoms with Crippen LogP contribution >= 0.6 is 0 Å². The lowest BCUT2D eigenvalue weighted by atomic mass is 10.0. The lowest BCUT2D eigenvalue weighted by Crippen LogP contribution is -2.47. The second-order valence-corrected chi connectivity index (χ2v) is 6.23. The SMILES string of the molecule is CCC(=O)[C@H](CCCCNC(C)=O)NC(=O)CNC(=O)CNC(C)C. The van der Waals surface area contributed by atoms with Crippen molar-refractivity contribution in [3.63, 3.8) is 0 Å². The van der Waals surface area contributed by atoms with Gasteiger partial charge in [-0.2, -0.15) is 0 Å². The Morgan fingerprint density at radius 2 is 1.60 bits per heavy atom. The van der Waals surface area contributed by atoms with Gasteiger partial charge in [0.1, 0.15) is 0 Å². The van der Waals surface area contributed by atoms with Gasteiger partial charge in [-0.1, -0.05) is 20.8 Å². The van der Waals surface area contributed by atoms with Gasteiger partial charge >= 0.3 is 0 Å². The zero-order valence-corrected chi connectivity index (χ0v) is 15.7. The van der Waals surface area contributed by atoms with Gasteiger partial charge < -0.3 is 21.3 Å². The van der Waals surface area contributed by atoms with E-state index in [-0.39, 0.29) is 42.6 Å². The molecule has 0 aliphatic rings. The molecule has 0 bridgehead atoms. The fourth-order valence-corrected chi connectivity index (χ4v) is 2.08.